The molecule has 0 spiro atoms. The van der Waals surface area contributed by atoms with Crippen molar-refractivity contribution in [1.29, 1.82) is 0 Å². The molecule has 0 aromatic heterocycles. The Morgan fingerprint density at radius 3 is 2.10 bits per heavy atom. The van der Waals surface area contributed by atoms with Crippen LogP contribution in [0, 0.1) is 6.92 Å². The van der Waals surface area contributed by atoms with Crippen LogP contribution in [-0.2, 0) is 10.0 Å². The second kappa shape index (κ2) is 9.07. The van der Waals surface area contributed by atoms with Gasteiger partial charge in [0.05, 0.1) is 0 Å². The van der Waals surface area contributed by atoms with Crippen LogP contribution < -0.4 is 4.46 Å². The van der Waals surface area contributed by atoms with Crippen LogP contribution in [-0.4, -0.2) is 33.7 Å². The van der Waals surface area contributed by atoms with E-state index in [1.54, 1.807) is 12.1 Å². The molecule has 3 nitrogen and oxygen atoms in total. The van der Waals surface area contributed by atoms with Crippen molar-refractivity contribution in [3.63, 3.8) is 0 Å². The van der Waals surface area contributed by atoms with E-state index >= 15 is 0 Å². The number of hydrogen-bond donors (Lipinski definition) is 0. The summed E-state index contributed by atoms with van der Waals surface area (Å²) in [5.74, 6) is 0. The molecule has 0 aliphatic carbocycles. The third kappa shape index (κ3) is 4.26. The molecule has 1 fully saturated rings. The van der Waals surface area contributed by atoms with Crippen LogP contribution in [0.2, 0.25) is 4.82 Å². The molecule has 3 aromatic carbocycles. The molecule has 1 aliphatic rings. The fraction of sp³-hybridized carbons (Fsp3) is 0.280. The quantitative estimate of drug-likeness (QED) is 0.475. The molecule has 3 aromatic rings. The van der Waals surface area contributed by atoms with Gasteiger partial charge in [-0.05, 0) is 0 Å². The van der Waals surface area contributed by atoms with Gasteiger partial charge < -0.3 is 0 Å². The predicted molar refractivity (Wildman–Crippen MR) is 124 cm³/mol. The average Bonchev–Trinajstić information content (AvgIpc) is 3.14. The molecular formula is C25H27NO2SSe. The van der Waals surface area contributed by atoms with Gasteiger partial charge >= 0.3 is 187 Å². The van der Waals surface area contributed by atoms with Gasteiger partial charge in [-0.3, -0.25) is 0 Å². The number of aryl methyl sites for hydroxylation is 1. The monoisotopic (exact) mass is 485 g/mol. The summed E-state index contributed by atoms with van der Waals surface area (Å²) in [6.07, 6.45) is 1.71. The first-order chi connectivity index (χ1) is 14.5. The zero-order valence-corrected chi connectivity index (χ0v) is 19.8. The summed E-state index contributed by atoms with van der Waals surface area (Å²) < 4.78 is 30.8. The minimum absolute atomic E-state index is 0.0112. The number of rotatable bonds is 6. The Morgan fingerprint density at radius 2 is 1.50 bits per heavy atom. The van der Waals surface area contributed by atoms with E-state index in [9.17, 15) is 8.42 Å². The van der Waals surface area contributed by atoms with Crippen LogP contribution in [0.4, 0.5) is 0 Å². The molecule has 156 valence electrons. The Kier molecular flexibility index (Phi) is 6.45. The molecule has 3 atom stereocenters. The van der Waals surface area contributed by atoms with Crippen molar-refractivity contribution in [1.82, 2.24) is 4.31 Å². The average molecular weight is 485 g/mol. The third-order valence-corrected chi connectivity index (χ3v) is 10.4. The van der Waals surface area contributed by atoms with Gasteiger partial charge in [-0.15, -0.1) is 0 Å². The van der Waals surface area contributed by atoms with Crippen LogP contribution in [0.1, 0.15) is 36.9 Å². The van der Waals surface area contributed by atoms with Crippen molar-refractivity contribution in [3.8, 4) is 0 Å². The molecule has 5 heteroatoms. The Morgan fingerprint density at radius 1 is 0.900 bits per heavy atom. The molecular weight excluding hydrogens is 457 g/mol. The Labute approximate surface area is 186 Å². The van der Waals surface area contributed by atoms with E-state index in [-0.39, 0.29) is 27.0 Å². The number of benzene rings is 3. The van der Waals surface area contributed by atoms with E-state index in [4.69, 9.17) is 0 Å². The van der Waals surface area contributed by atoms with Crippen molar-refractivity contribution < 1.29 is 8.42 Å². The summed E-state index contributed by atoms with van der Waals surface area (Å²) >= 11 is 0.187. The normalized spacial score (nSPS) is 22.3. The van der Waals surface area contributed by atoms with E-state index in [1.807, 2.05) is 47.6 Å². The van der Waals surface area contributed by atoms with Gasteiger partial charge in [-0.2, -0.15) is 0 Å². The van der Waals surface area contributed by atoms with Crippen LogP contribution in [0.3, 0.4) is 0 Å². The topological polar surface area (TPSA) is 37.4 Å². The Balaban J connectivity index is 1.78. The van der Waals surface area contributed by atoms with Crippen LogP contribution >= 0.6 is 0 Å². The second-order valence-electron chi connectivity index (χ2n) is 7.77. The molecule has 1 heterocycles. The van der Waals surface area contributed by atoms with E-state index in [0.717, 1.165) is 24.0 Å². The van der Waals surface area contributed by atoms with Crippen LogP contribution in [0.15, 0.2) is 89.8 Å². The fourth-order valence-electron chi connectivity index (χ4n) is 4.21. The van der Waals surface area contributed by atoms with Crippen LogP contribution in [0.5, 0.6) is 0 Å². The van der Waals surface area contributed by atoms with Gasteiger partial charge in [-0.25, -0.2) is 0 Å². The van der Waals surface area contributed by atoms with Crippen molar-refractivity contribution in [2.75, 3.05) is 0 Å². The van der Waals surface area contributed by atoms with E-state index < -0.39 is 10.0 Å². The fourth-order valence-corrected chi connectivity index (χ4v) is 9.24. The second-order valence-corrected chi connectivity index (χ2v) is 12.4. The SMILES string of the molecule is CC[C@H]1C[C@H]([Se]c2ccccc2)[C@@H](c2ccccc2)N1S(=O)(=O)c1ccc(C)cc1. The summed E-state index contributed by atoms with van der Waals surface area (Å²) in [5, 5.41) is 0. The number of hydrogen-bond acceptors (Lipinski definition) is 2. The van der Waals surface area contributed by atoms with Gasteiger partial charge in [0.25, 0.3) is 0 Å². The molecule has 0 N–H and O–H groups in total. The minimum atomic E-state index is -3.60. The number of sulfonamides is 1. The molecule has 0 radical (unpaired) electrons. The van der Waals surface area contributed by atoms with Crippen molar-refractivity contribution in [2.45, 2.75) is 48.5 Å². The molecule has 0 bridgehead atoms. The first-order valence-electron chi connectivity index (χ1n) is 10.4. The molecule has 0 saturated carbocycles. The van der Waals surface area contributed by atoms with Crippen molar-refractivity contribution >= 4 is 29.4 Å². The summed E-state index contributed by atoms with van der Waals surface area (Å²) in [7, 11) is -3.60. The zero-order chi connectivity index (χ0) is 21.1. The third-order valence-electron chi connectivity index (χ3n) is 5.73. The van der Waals surface area contributed by atoms with E-state index in [2.05, 4.69) is 43.3 Å². The molecule has 0 amide bonds. The number of nitrogens with zero attached hydrogens (tertiary/aromatic N) is 1. The molecule has 30 heavy (non-hydrogen) atoms. The first-order valence-corrected chi connectivity index (χ1v) is 13.7. The summed E-state index contributed by atoms with van der Waals surface area (Å²) in [4.78, 5) is 0.688. The standard InChI is InChI=1S/C25H27NO2SSe/c1-3-21-18-24(30-23-12-8-5-9-13-23)25(20-10-6-4-7-11-20)26(21)29(27,28)22-16-14-19(2)15-17-22/h4-17,21,24-25H,3,18H2,1-2H3/t21-,24-,25+/m0/s1. The van der Waals surface area contributed by atoms with Gasteiger partial charge in [0.15, 0.2) is 0 Å². The Bertz CT molecular complexity index is 1070. The van der Waals surface area contributed by atoms with Crippen molar-refractivity contribution in [3.05, 3.63) is 96.1 Å². The van der Waals surface area contributed by atoms with E-state index in [1.165, 1.54) is 4.46 Å². The Hall–Kier alpha value is -1.91. The zero-order valence-electron chi connectivity index (χ0n) is 17.3. The van der Waals surface area contributed by atoms with E-state index in [0.29, 0.717) is 9.71 Å². The summed E-state index contributed by atoms with van der Waals surface area (Å²) in [6, 6.07) is 27.8. The first kappa shape index (κ1) is 21.3. The molecule has 4 rings (SSSR count). The van der Waals surface area contributed by atoms with Gasteiger partial charge in [0, 0.05) is 0 Å². The van der Waals surface area contributed by atoms with Crippen LogP contribution in [0.25, 0.3) is 0 Å². The van der Waals surface area contributed by atoms with Crippen molar-refractivity contribution in [2.24, 2.45) is 0 Å². The van der Waals surface area contributed by atoms with Gasteiger partial charge in [0.1, 0.15) is 0 Å². The maximum absolute atomic E-state index is 13.8. The molecule has 1 aliphatic heterocycles. The predicted octanol–water partition coefficient (Wildman–Crippen LogP) is 4.73. The molecule has 1 saturated heterocycles. The van der Waals surface area contributed by atoms with Gasteiger partial charge in [-0.1, -0.05) is 0 Å². The maximum atomic E-state index is 13.8. The summed E-state index contributed by atoms with van der Waals surface area (Å²) in [5.41, 5.74) is 2.15. The molecule has 0 unspecified atom stereocenters. The van der Waals surface area contributed by atoms with Gasteiger partial charge in [0.2, 0.25) is 0 Å². The summed E-state index contributed by atoms with van der Waals surface area (Å²) in [6.45, 7) is 4.08.